The SMILES string of the molecule is [2H]O[P+]([O-])([O-])C(=O)Oc1ccccc1. The molecular formula is C7H6O5P-. The van der Waals surface area contributed by atoms with Gasteiger partial charge in [-0.3, -0.25) is 0 Å². The summed E-state index contributed by atoms with van der Waals surface area (Å²) in [6.45, 7) is 0. The van der Waals surface area contributed by atoms with Crippen LogP contribution in [0.25, 0.3) is 0 Å². The Morgan fingerprint density at radius 3 is 2.62 bits per heavy atom. The first kappa shape index (κ1) is 8.59. The Hall–Kier alpha value is -1.00. The molecule has 0 unspecified atom stereocenters. The third-order valence-electron chi connectivity index (χ3n) is 1.17. The zero-order valence-electron chi connectivity index (χ0n) is 7.38. The van der Waals surface area contributed by atoms with E-state index in [1.54, 1.807) is 18.2 Å². The maximum absolute atomic E-state index is 10.8. The summed E-state index contributed by atoms with van der Waals surface area (Å²) >= 11 is 0. The molecule has 0 aliphatic rings. The molecule has 0 atom stereocenters. The van der Waals surface area contributed by atoms with Gasteiger partial charge in [-0.1, -0.05) is 18.2 Å². The monoisotopic (exact) mass is 202 g/mol. The van der Waals surface area contributed by atoms with Crippen molar-refractivity contribution in [3.05, 3.63) is 30.3 Å². The van der Waals surface area contributed by atoms with Crippen molar-refractivity contribution in [1.82, 2.24) is 0 Å². The molecule has 5 nitrogen and oxygen atoms in total. The molecular weight excluding hydrogens is 195 g/mol. The van der Waals surface area contributed by atoms with E-state index in [2.05, 4.69) is 9.63 Å². The Kier molecular flexibility index (Phi) is 2.52. The molecule has 1 N–H and O–H groups in total. The highest BCUT2D eigenvalue weighted by Crippen LogP contribution is 2.36. The number of benzene rings is 1. The predicted octanol–water partition coefficient (Wildman–Crippen LogP) is -0.339. The van der Waals surface area contributed by atoms with Crippen molar-refractivity contribution >= 4 is 13.7 Å². The number of ether oxygens (including phenoxy) is 1. The van der Waals surface area contributed by atoms with E-state index >= 15 is 0 Å². The maximum Gasteiger partial charge on any atom is 0.475 e. The average Bonchev–Trinajstić information content (AvgIpc) is 2.19. The van der Waals surface area contributed by atoms with E-state index in [4.69, 9.17) is 1.43 Å². The van der Waals surface area contributed by atoms with Gasteiger partial charge in [0.15, 0.2) is 7.94 Å². The fourth-order valence-corrected chi connectivity index (χ4v) is 0.862. The van der Waals surface area contributed by atoms with Crippen LogP contribution in [0.3, 0.4) is 0 Å². The lowest BCUT2D eigenvalue weighted by Gasteiger charge is -2.22. The molecule has 0 aromatic heterocycles. The van der Waals surface area contributed by atoms with Crippen molar-refractivity contribution in [3.63, 3.8) is 0 Å². The summed E-state index contributed by atoms with van der Waals surface area (Å²) in [7, 11) is -4.87. The van der Waals surface area contributed by atoms with Gasteiger partial charge in [-0.2, -0.15) is 0 Å². The lowest BCUT2D eigenvalue weighted by Crippen LogP contribution is -2.30. The van der Waals surface area contributed by atoms with Gasteiger partial charge in [-0.05, 0) is 12.1 Å². The van der Waals surface area contributed by atoms with Crippen LogP contribution >= 0.6 is 7.94 Å². The smallest absolute Gasteiger partial charge is 0.475 e. The molecule has 1 rings (SSSR count). The summed E-state index contributed by atoms with van der Waals surface area (Å²) in [5.41, 5.74) is -1.58. The Labute approximate surface area is 76.3 Å². The molecule has 0 fully saturated rings. The zero-order valence-corrected chi connectivity index (χ0v) is 7.27. The number of carbonyl (C=O) groups excluding carboxylic acids is 1. The third kappa shape index (κ3) is 3.08. The van der Waals surface area contributed by atoms with Crippen molar-refractivity contribution in [2.45, 2.75) is 0 Å². The maximum atomic E-state index is 10.8. The molecule has 0 heterocycles. The number of hydrogen-bond donors (Lipinski definition) is 1. The van der Waals surface area contributed by atoms with E-state index < -0.39 is 13.7 Å². The first-order valence-electron chi connectivity index (χ1n) is 3.70. The number of rotatable bonds is 3. The summed E-state index contributed by atoms with van der Waals surface area (Å²) in [5, 5.41) is 0. The molecule has 0 radical (unpaired) electrons. The minimum atomic E-state index is -4.87. The first-order chi connectivity index (χ1) is 6.56. The largest absolute Gasteiger partial charge is 0.650 e. The summed E-state index contributed by atoms with van der Waals surface area (Å²) in [6.07, 6.45) is 0. The Balaban J connectivity index is 2.67. The highest BCUT2D eigenvalue weighted by atomic mass is 31.2. The number of carbonyl (C=O) groups is 1. The van der Waals surface area contributed by atoms with Crippen LogP contribution in [0.2, 0.25) is 0 Å². The van der Waals surface area contributed by atoms with Gasteiger partial charge in [0, 0.05) is 0 Å². The summed E-state index contributed by atoms with van der Waals surface area (Å²) < 4.78 is 10.5. The molecule has 0 aliphatic heterocycles. The highest BCUT2D eigenvalue weighted by Gasteiger charge is 2.24. The quantitative estimate of drug-likeness (QED) is 0.677. The Morgan fingerprint density at radius 2 is 2.08 bits per heavy atom. The molecule has 70 valence electrons. The zero-order chi connectivity index (χ0) is 10.6. The van der Waals surface area contributed by atoms with Crippen LogP contribution in [0, 0.1) is 0 Å². The van der Waals surface area contributed by atoms with Crippen molar-refractivity contribution in [2.24, 2.45) is 0 Å². The normalized spacial score (nSPS) is 12.0. The van der Waals surface area contributed by atoms with Gasteiger partial charge in [-0.15, -0.1) is 0 Å². The second-order valence-corrected chi connectivity index (χ2v) is 3.54. The molecule has 0 bridgehead atoms. The van der Waals surface area contributed by atoms with E-state index in [1.807, 2.05) is 0 Å². The van der Waals surface area contributed by atoms with Gasteiger partial charge in [0.2, 0.25) is 0 Å². The fourth-order valence-electron chi connectivity index (χ4n) is 0.645. The Morgan fingerprint density at radius 1 is 1.46 bits per heavy atom. The van der Waals surface area contributed by atoms with Gasteiger partial charge in [-0.25, -0.2) is 9.69 Å². The molecule has 0 saturated heterocycles. The molecule has 6 heteroatoms. The molecule has 13 heavy (non-hydrogen) atoms. The van der Waals surface area contributed by atoms with Gasteiger partial charge in [0.05, 0.1) is 0 Å². The second kappa shape index (κ2) is 3.81. The topological polar surface area (TPSA) is 92.6 Å². The minimum absolute atomic E-state index is 0.0747. The summed E-state index contributed by atoms with van der Waals surface area (Å²) in [6, 6.07) is 7.62. The van der Waals surface area contributed by atoms with E-state index in [1.165, 1.54) is 12.1 Å². The van der Waals surface area contributed by atoms with Gasteiger partial charge in [0.25, 0.3) is 1.43 Å². The van der Waals surface area contributed by atoms with Crippen LogP contribution in [0.5, 0.6) is 5.75 Å². The minimum Gasteiger partial charge on any atom is -0.650 e. The van der Waals surface area contributed by atoms with Gasteiger partial charge < -0.3 is 14.5 Å². The lowest BCUT2D eigenvalue weighted by atomic mass is 10.3. The first-order valence-corrected chi connectivity index (χ1v) is 4.84. The van der Waals surface area contributed by atoms with Gasteiger partial charge in [0.1, 0.15) is 5.75 Å². The molecule has 0 aliphatic carbocycles. The summed E-state index contributed by atoms with van der Waals surface area (Å²) in [4.78, 5) is 35.4. The highest BCUT2D eigenvalue weighted by molar-refractivity contribution is 7.73. The van der Waals surface area contributed by atoms with Gasteiger partial charge >= 0.3 is 5.71 Å². The van der Waals surface area contributed by atoms with Crippen LogP contribution in [-0.4, -0.2) is 12.0 Å². The molecule has 0 spiro atoms. The molecule has 0 saturated carbocycles. The molecule has 1 aromatic carbocycles. The summed E-state index contributed by atoms with van der Waals surface area (Å²) in [5.74, 6) is 0.0747. The number of hydrogen-bond acceptors (Lipinski definition) is 5. The van der Waals surface area contributed by atoms with Crippen LogP contribution in [-0.2, 0) is 0 Å². The second-order valence-electron chi connectivity index (χ2n) is 2.18. The van der Waals surface area contributed by atoms with Crippen LogP contribution in [0.1, 0.15) is 0 Å². The van der Waals surface area contributed by atoms with E-state index in [-0.39, 0.29) is 5.75 Å². The molecule has 1 aromatic rings. The third-order valence-corrected chi connectivity index (χ3v) is 1.71. The van der Waals surface area contributed by atoms with E-state index in [0.29, 0.717) is 0 Å². The van der Waals surface area contributed by atoms with Crippen LogP contribution in [0.4, 0.5) is 4.79 Å². The number of para-hydroxylation sites is 1. The Bertz CT molecular complexity index is 315. The van der Waals surface area contributed by atoms with E-state index in [9.17, 15) is 14.6 Å². The fraction of sp³-hybridized carbons (Fsp3) is 0. The average molecular weight is 202 g/mol. The van der Waals surface area contributed by atoms with E-state index in [0.717, 1.165) is 0 Å². The van der Waals surface area contributed by atoms with Crippen molar-refractivity contribution in [1.29, 1.82) is 1.43 Å². The molecule has 0 amide bonds. The standard InChI is InChI=1S/C7H7O5P/c8-7(13(9,10)11)12-6-4-2-1-3-5-6/h1-5H,(H2,9,10,11)/p-1/i/hD. The van der Waals surface area contributed by atoms with Crippen LogP contribution < -0.4 is 14.5 Å². The van der Waals surface area contributed by atoms with Crippen molar-refractivity contribution in [3.8, 4) is 5.75 Å². The van der Waals surface area contributed by atoms with Crippen molar-refractivity contribution in [2.75, 3.05) is 0 Å². The van der Waals surface area contributed by atoms with Crippen molar-refractivity contribution < 1.29 is 24.2 Å². The lowest BCUT2D eigenvalue weighted by molar-refractivity contribution is -0.326. The predicted molar refractivity (Wildman–Crippen MR) is 41.6 cm³/mol. The van der Waals surface area contributed by atoms with Crippen LogP contribution in [0.15, 0.2) is 30.3 Å².